The maximum atomic E-state index is 12.2. The molecule has 9 heteroatoms. The van der Waals surface area contributed by atoms with E-state index in [4.69, 9.17) is 16.0 Å². The summed E-state index contributed by atoms with van der Waals surface area (Å²) in [4.78, 5) is 20.6. The number of nitrogens with zero attached hydrogens (tertiary/aromatic N) is 4. The zero-order chi connectivity index (χ0) is 19.3. The number of anilines is 1. The zero-order valence-electron chi connectivity index (χ0n) is 14.5. The molecule has 1 N–H and O–H groups in total. The number of carbonyl (C=O) groups is 1. The van der Waals surface area contributed by atoms with E-state index in [-0.39, 0.29) is 12.3 Å². The molecule has 0 spiro atoms. The summed E-state index contributed by atoms with van der Waals surface area (Å²) in [5, 5.41) is 12.5. The monoisotopic (exact) mass is 411 g/mol. The molecule has 3 heterocycles. The first-order valence-electron chi connectivity index (χ1n) is 8.43. The molecular weight excluding hydrogens is 398 g/mol. The van der Waals surface area contributed by atoms with Gasteiger partial charge in [0.2, 0.25) is 11.0 Å². The van der Waals surface area contributed by atoms with Crippen molar-refractivity contribution >= 4 is 34.0 Å². The third-order valence-electron chi connectivity index (χ3n) is 3.80. The van der Waals surface area contributed by atoms with Gasteiger partial charge in [-0.1, -0.05) is 29.0 Å². The first kappa shape index (κ1) is 18.3. The molecule has 0 saturated carbocycles. The van der Waals surface area contributed by atoms with Crippen LogP contribution in [0.1, 0.15) is 12.3 Å². The summed E-state index contributed by atoms with van der Waals surface area (Å²) >= 11 is 7.16. The predicted octanol–water partition coefficient (Wildman–Crippen LogP) is 4.48. The van der Waals surface area contributed by atoms with E-state index in [2.05, 4.69) is 25.5 Å². The lowest BCUT2D eigenvalue weighted by Crippen LogP contribution is -2.12. The van der Waals surface area contributed by atoms with E-state index in [0.717, 1.165) is 11.3 Å². The van der Waals surface area contributed by atoms with Crippen LogP contribution in [0, 0.1) is 0 Å². The molecule has 0 aliphatic heterocycles. The fourth-order valence-corrected chi connectivity index (χ4v) is 3.30. The van der Waals surface area contributed by atoms with Crippen LogP contribution in [0.4, 0.5) is 5.13 Å². The Labute approximate surface area is 169 Å². The Morgan fingerprint density at radius 3 is 2.75 bits per heavy atom. The van der Waals surface area contributed by atoms with Gasteiger partial charge in [-0.3, -0.25) is 9.78 Å². The van der Waals surface area contributed by atoms with Gasteiger partial charge in [0.1, 0.15) is 5.69 Å². The van der Waals surface area contributed by atoms with Crippen LogP contribution in [0.5, 0.6) is 0 Å². The highest BCUT2D eigenvalue weighted by Crippen LogP contribution is 2.25. The van der Waals surface area contributed by atoms with Gasteiger partial charge in [-0.05, 0) is 36.4 Å². The molecule has 1 amide bonds. The lowest BCUT2D eigenvalue weighted by molar-refractivity contribution is -0.116. The maximum absolute atomic E-state index is 12.2. The van der Waals surface area contributed by atoms with Gasteiger partial charge in [0.25, 0.3) is 0 Å². The highest BCUT2D eigenvalue weighted by Gasteiger charge is 2.12. The third kappa shape index (κ3) is 4.41. The molecule has 0 unspecified atom stereocenters. The number of carbonyl (C=O) groups excluding carboxylic acids is 1. The van der Waals surface area contributed by atoms with Gasteiger partial charge < -0.3 is 9.73 Å². The average Bonchev–Trinajstić information content (AvgIpc) is 3.37. The van der Waals surface area contributed by atoms with Crippen LogP contribution in [0.25, 0.3) is 22.0 Å². The number of benzene rings is 1. The summed E-state index contributed by atoms with van der Waals surface area (Å²) in [6.07, 6.45) is 3.92. The molecule has 0 atom stereocenters. The second-order valence-electron chi connectivity index (χ2n) is 5.80. The zero-order valence-corrected chi connectivity index (χ0v) is 16.1. The highest BCUT2D eigenvalue weighted by molar-refractivity contribution is 7.18. The first-order valence-corrected chi connectivity index (χ1v) is 9.62. The normalized spacial score (nSPS) is 10.8. The maximum Gasteiger partial charge on any atom is 0.226 e. The SMILES string of the molecule is O=C(CCc1ncc(-c2ccc(Cl)cc2)o1)Nc1nnc(-c2ccccn2)s1. The number of pyridine rings is 1. The van der Waals surface area contributed by atoms with Crippen molar-refractivity contribution in [2.45, 2.75) is 12.8 Å². The van der Waals surface area contributed by atoms with Crippen molar-refractivity contribution in [1.82, 2.24) is 20.2 Å². The van der Waals surface area contributed by atoms with Crippen molar-refractivity contribution in [2.75, 3.05) is 5.32 Å². The Balaban J connectivity index is 1.33. The van der Waals surface area contributed by atoms with E-state index in [0.29, 0.717) is 33.2 Å². The fraction of sp³-hybridized carbons (Fsp3) is 0.105. The van der Waals surface area contributed by atoms with Crippen molar-refractivity contribution in [1.29, 1.82) is 0 Å². The molecular formula is C19H14ClN5O2S. The molecule has 140 valence electrons. The van der Waals surface area contributed by atoms with Gasteiger partial charge in [-0.2, -0.15) is 0 Å². The molecule has 0 aliphatic rings. The number of halogens is 1. The van der Waals surface area contributed by atoms with E-state index >= 15 is 0 Å². The quantitative estimate of drug-likeness (QED) is 0.502. The molecule has 0 bridgehead atoms. The van der Waals surface area contributed by atoms with Gasteiger partial charge in [-0.25, -0.2) is 4.98 Å². The molecule has 28 heavy (non-hydrogen) atoms. The second kappa shape index (κ2) is 8.28. The fourth-order valence-electron chi connectivity index (χ4n) is 2.44. The van der Waals surface area contributed by atoms with Crippen molar-refractivity contribution in [3.63, 3.8) is 0 Å². The molecule has 3 aromatic heterocycles. The summed E-state index contributed by atoms with van der Waals surface area (Å²) in [6, 6.07) is 12.8. The first-order chi connectivity index (χ1) is 13.7. The summed E-state index contributed by atoms with van der Waals surface area (Å²) in [5.41, 5.74) is 1.60. The number of oxazole rings is 1. The summed E-state index contributed by atoms with van der Waals surface area (Å²) in [5.74, 6) is 0.942. The Kier molecular flexibility index (Phi) is 5.41. The van der Waals surface area contributed by atoms with Crippen LogP contribution in [-0.2, 0) is 11.2 Å². The molecule has 0 aliphatic carbocycles. The lowest BCUT2D eigenvalue weighted by atomic mass is 10.2. The molecule has 4 aromatic rings. The average molecular weight is 412 g/mol. The largest absolute Gasteiger partial charge is 0.441 e. The van der Waals surface area contributed by atoms with Crippen LogP contribution in [0.15, 0.2) is 59.3 Å². The Hall–Kier alpha value is -3.10. The molecule has 0 saturated heterocycles. The smallest absolute Gasteiger partial charge is 0.226 e. The van der Waals surface area contributed by atoms with Gasteiger partial charge in [0.15, 0.2) is 16.7 Å². The van der Waals surface area contributed by atoms with E-state index in [9.17, 15) is 4.79 Å². The molecule has 0 fully saturated rings. The summed E-state index contributed by atoms with van der Waals surface area (Å²) in [7, 11) is 0. The number of hydrogen-bond acceptors (Lipinski definition) is 7. The molecule has 0 radical (unpaired) electrons. The number of hydrogen-bond donors (Lipinski definition) is 1. The van der Waals surface area contributed by atoms with Crippen LogP contribution in [-0.4, -0.2) is 26.1 Å². The van der Waals surface area contributed by atoms with Crippen LogP contribution >= 0.6 is 22.9 Å². The standard InChI is InChI=1S/C19H14ClN5O2S/c20-13-6-4-12(5-7-13)15-11-22-17(27-15)9-8-16(26)23-19-25-24-18(28-19)14-3-1-2-10-21-14/h1-7,10-11H,8-9H2,(H,23,25,26). The number of aromatic nitrogens is 4. The number of rotatable bonds is 6. The Morgan fingerprint density at radius 1 is 1.11 bits per heavy atom. The van der Waals surface area contributed by atoms with Gasteiger partial charge in [-0.15, -0.1) is 10.2 Å². The number of nitrogens with one attached hydrogen (secondary N) is 1. The minimum atomic E-state index is -0.185. The van der Waals surface area contributed by atoms with Crippen molar-refractivity contribution in [2.24, 2.45) is 0 Å². The third-order valence-corrected chi connectivity index (χ3v) is 4.92. The van der Waals surface area contributed by atoms with Crippen molar-refractivity contribution in [3.8, 4) is 22.0 Å². The minimum Gasteiger partial charge on any atom is -0.441 e. The second-order valence-corrected chi connectivity index (χ2v) is 7.21. The van der Waals surface area contributed by atoms with E-state index in [1.54, 1.807) is 24.5 Å². The molecule has 7 nitrogen and oxygen atoms in total. The Morgan fingerprint density at radius 2 is 1.96 bits per heavy atom. The number of aryl methyl sites for hydroxylation is 1. The predicted molar refractivity (Wildman–Crippen MR) is 107 cm³/mol. The molecule has 1 aromatic carbocycles. The van der Waals surface area contributed by atoms with Crippen LogP contribution < -0.4 is 5.32 Å². The lowest BCUT2D eigenvalue weighted by Gasteiger charge is -1.99. The van der Waals surface area contributed by atoms with Gasteiger partial charge in [0.05, 0.1) is 6.20 Å². The van der Waals surface area contributed by atoms with E-state index in [1.807, 2.05) is 30.3 Å². The van der Waals surface area contributed by atoms with E-state index in [1.165, 1.54) is 11.3 Å². The Bertz CT molecular complexity index is 1080. The van der Waals surface area contributed by atoms with Crippen molar-refractivity contribution in [3.05, 3.63) is 65.8 Å². The minimum absolute atomic E-state index is 0.185. The van der Waals surface area contributed by atoms with Gasteiger partial charge >= 0.3 is 0 Å². The van der Waals surface area contributed by atoms with Crippen molar-refractivity contribution < 1.29 is 9.21 Å². The van der Waals surface area contributed by atoms with Crippen LogP contribution in [0.3, 0.4) is 0 Å². The summed E-state index contributed by atoms with van der Waals surface area (Å²) in [6.45, 7) is 0. The topological polar surface area (TPSA) is 93.8 Å². The van der Waals surface area contributed by atoms with Crippen LogP contribution in [0.2, 0.25) is 5.02 Å². The van der Waals surface area contributed by atoms with E-state index < -0.39 is 0 Å². The number of amides is 1. The van der Waals surface area contributed by atoms with Gasteiger partial charge in [0, 0.05) is 29.6 Å². The molecule has 4 rings (SSSR count). The summed E-state index contributed by atoms with van der Waals surface area (Å²) < 4.78 is 5.70. The highest BCUT2D eigenvalue weighted by atomic mass is 35.5.